The van der Waals surface area contributed by atoms with Crippen molar-refractivity contribution in [2.24, 2.45) is 5.92 Å². The van der Waals surface area contributed by atoms with E-state index in [0.29, 0.717) is 25.7 Å². The molecule has 0 saturated carbocycles. The number of carbonyl (C=O) groups is 2. The number of hydrogen-bond acceptors (Lipinski definition) is 6. The van der Waals surface area contributed by atoms with Crippen molar-refractivity contribution < 1.29 is 28.5 Å². The van der Waals surface area contributed by atoms with Gasteiger partial charge in [-0.1, -0.05) is 26.0 Å². The van der Waals surface area contributed by atoms with E-state index in [1.165, 1.54) is 7.11 Å². The van der Waals surface area contributed by atoms with E-state index < -0.39 is 23.7 Å². The lowest BCUT2D eigenvalue weighted by molar-refractivity contribution is -0.144. The second-order valence-corrected chi connectivity index (χ2v) is 6.66. The van der Waals surface area contributed by atoms with Crippen molar-refractivity contribution in [2.45, 2.75) is 46.3 Å². The van der Waals surface area contributed by atoms with Gasteiger partial charge in [-0.15, -0.1) is 0 Å². The van der Waals surface area contributed by atoms with Crippen LogP contribution in [-0.2, 0) is 23.7 Å². The Balaban J connectivity index is 4.15. The number of ether oxygens (including phenoxy) is 4. The highest BCUT2D eigenvalue weighted by Gasteiger charge is 2.25. The number of rotatable bonds is 10. The molecule has 7 heteroatoms. The summed E-state index contributed by atoms with van der Waals surface area (Å²) in [4.78, 5) is 23.4. The third-order valence-electron chi connectivity index (χ3n) is 2.51. The van der Waals surface area contributed by atoms with Crippen LogP contribution < -0.4 is 5.32 Å². The summed E-state index contributed by atoms with van der Waals surface area (Å²) >= 11 is 0. The Hall–Kier alpha value is -1.60. The summed E-state index contributed by atoms with van der Waals surface area (Å²) in [6, 6.07) is -0.921. The van der Waals surface area contributed by atoms with Crippen molar-refractivity contribution in [3.05, 3.63) is 12.2 Å². The normalized spacial score (nSPS) is 13.1. The fraction of sp³-hybridized carbons (Fsp3) is 0.765. The molecule has 0 radical (unpaired) electrons. The molecule has 0 rings (SSSR count). The van der Waals surface area contributed by atoms with Crippen LogP contribution in [0.3, 0.4) is 0 Å². The first-order valence-electron chi connectivity index (χ1n) is 8.03. The molecule has 0 saturated heterocycles. The van der Waals surface area contributed by atoms with E-state index in [1.807, 2.05) is 6.08 Å². The molecular formula is C17H31NO6. The van der Waals surface area contributed by atoms with E-state index in [4.69, 9.17) is 14.2 Å². The first-order chi connectivity index (χ1) is 11.2. The number of alkyl carbamates (subject to hydrolysis) is 1. The van der Waals surface area contributed by atoms with E-state index in [2.05, 4.69) is 23.9 Å². The summed E-state index contributed by atoms with van der Waals surface area (Å²) < 4.78 is 20.5. The SMILES string of the molecule is COC(=O)[C@H](COC/C=C\COCC(C)C)NC(=O)OC(C)(C)C. The van der Waals surface area contributed by atoms with Crippen LogP contribution in [0.15, 0.2) is 12.2 Å². The van der Waals surface area contributed by atoms with Crippen LogP contribution in [0.4, 0.5) is 4.79 Å². The zero-order valence-corrected chi connectivity index (χ0v) is 15.6. The number of hydrogen-bond donors (Lipinski definition) is 1. The van der Waals surface area contributed by atoms with E-state index in [0.717, 1.165) is 0 Å². The van der Waals surface area contributed by atoms with Crippen LogP contribution in [0.25, 0.3) is 0 Å². The lowest BCUT2D eigenvalue weighted by Crippen LogP contribution is -2.46. The molecule has 0 unspecified atom stereocenters. The first-order valence-corrected chi connectivity index (χ1v) is 8.03. The monoisotopic (exact) mass is 345 g/mol. The molecule has 0 spiro atoms. The van der Waals surface area contributed by atoms with Crippen molar-refractivity contribution in [1.29, 1.82) is 0 Å². The molecule has 0 aliphatic carbocycles. The third kappa shape index (κ3) is 12.9. The van der Waals surface area contributed by atoms with E-state index in [1.54, 1.807) is 26.8 Å². The van der Waals surface area contributed by atoms with Crippen LogP contribution in [0.2, 0.25) is 0 Å². The number of methoxy groups -OCH3 is 1. The molecule has 1 amide bonds. The summed E-state index contributed by atoms with van der Waals surface area (Å²) in [7, 11) is 1.25. The Kier molecular flexibility index (Phi) is 11.1. The Morgan fingerprint density at radius 2 is 1.58 bits per heavy atom. The van der Waals surface area contributed by atoms with Gasteiger partial charge in [-0.25, -0.2) is 9.59 Å². The van der Waals surface area contributed by atoms with E-state index in [9.17, 15) is 9.59 Å². The molecule has 140 valence electrons. The Morgan fingerprint density at radius 3 is 2.04 bits per heavy atom. The van der Waals surface area contributed by atoms with Gasteiger partial charge in [-0.3, -0.25) is 0 Å². The average molecular weight is 345 g/mol. The number of nitrogens with one attached hydrogen (secondary N) is 1. The number of carbonyl (C=O) groups excluding carboxylic acids is 2. The summed E-state index contributed by atoms with van der Waals surface area (Å²) in [5.41, 5.74) is -0.648. The predicted octanol–water partition coefficient (Wildman–Crippen LogP) is 2.30. The number of amides is 1. The molecule has 24 heavy (non-hydrogen) atoms. The minimum absolute atomic E-state index is 0.0108. The van der Waals surface area contributed by atoms with E-state index >= 15 is 0 Å². The maximum Gasteiger partial charge on any atom is 0.408 e. The first kappa shape index (κ1) is 22.4. The molecule has 0 aliphatic rings. The Labute approximate surface area is 144 Å². The highest BCUT2D eigenvalue weighted by molar-refractivity contribution is 5.81. The average Bonchev–Trinajstić information content (AvgIpc) is 2.45. The standard InChI is InChI=1S/C17H31NO6/c1-13(2)11-22-9-7-8-10-23-12-14(15(19)21-6)18-16(20)24-17(3,4)5/h7-8,13-14H,9-12H2,1-6H3,(H,18,20)/b8-7-/t14-/m0/s1. The van der Waals surface area contributed by atoms with E-state index in [-0.39, 0.29) is 6.61 Å². The maximum atomic E-state index is 11.7. The molecule has 1 atom stereocenters. The van der Waals surface area contributed by atoms with Crippen molar-refractivity contribution in [3.8, 4) is 0 Å². The minimum Gasteiger partial charge on any atom is -0.467 e. The van der Waals surface area contributed by atoms with Gasteiger partial charge in [0.1, 0.15) is 5.60 Å². The van der Waals surface area contributed by atoms with Crippen LogP contribution in [0.5, 0.6) is 0 Å². The van der Waals surface area contributed by atoms with Gasteiger partial charge < -0.3 is 24.3 Å². The zero-order chi connectivity index (χ0) is 18.6. The van der Waals surface area contributed by atoms with Gasteiger partial charge >= 0.3 is 12.1 Å². The van der Waals surface area contributed by atoms with Gasteiger partial charge in [0, 0.05) is 6.61 Å². The fourth-order valence-electron chi connectivity index (χ4n) is 1.52. The summed E-state index contributed by atoms with van der Waals surface area (Å²) in [5.74, 6) is -0.0977. The van der Waals surface area contributed by atoms with Gasteiger partial charge in [0.15, 0.2) is 6.04 Å². The molecule has 0 heterocycles. The number of esters is 1. The Bertz CT molecular complexity index is 400. The largest absolute Gasteiger partial charge is 0.467 e. The molecule has 0 aromatic carbocycles. The maximum absolute atomic E-state index is 11.7. The molecule has 0 aromatic rings. The highest BCUT2D eigenvalue weighted by atomic mass is 16.6. The summed E-state index contributed by atoms with van der Waals surface area (Å²) in [6.07, 6.45) is 2.94. The predicted molar refractivity (Wildman–Crippen MR) is 90.8 cm³/mol. The molecule has 0 bridgehead atoms. The topological polar surface area (TPSA) is 83.1 Å². The van der Waals surface area contributed by atoms with Crippen molar-refractivity contribution in [2.75, 3.05) is 33.5 Å². The minimum atomic E-state index is -0.921. The van der Waals surface area contributed by atoms with Crippen LogP contribution in [0.1, 0.15) is 34.6 Å². The Morgan fingerprint density at radius 1 is 1.04 bits per heavy atom. The third-order valence-corrected chi connectivity index (χ3v) is 2.51. The second-order valence-electron chi connectivity index (χ2n) is 6.66. The smallest absolute Gasteiger partial charge is 0.408 e. The summed E-state index contributed by atoms with van der Waals surface area (Å²) in [5, 5.41) is 2.44. The van der Waals surface area contributed by atoms with Crippen molar-refractivity contribution in [1.82, 2.24) is 5.32 Å². The molecule has 0 aromatic heterocycles. The zero-order valence-electron chi connectivity index (χ0n) is 15.6. The van der Waals surface area contributed by atoms with Gasteiger partial charge in [-0.2, -0.15) is 0 Å². The van der Waals surface area contributed by atoms with Crippen molar-refractivity contribution in [3.63, 3.8) is 0 Å². The summed E-state index contributed by atoms with van der Waals surface area (Å²) in [6.45, 7) is 10.9. The lowest BCUT2D eigenvalue weighted by Gasteiger charge is -2.22. The lowest BCUT2D eigenvalue weighted by atomic mass is 10.2. The fourth-order valence-corrected chi connectivity index (χ4v) is 1.52. The van der Waals surface area contributed by atoms with Crippen molar-refractivity contribution >= 4 is 12.1 Å². The van der Waals surface area contributed by atoms with Crippen LogP contribution in [0, 0.1) is 5.92 Å². The molecule has 1 N–H and O–H groups in total. The molecule has 0 fully saturated rings. The quantitative estimate of drug-likeness (QED) is 0.372. The second kappa shape index (κ2) is 11.9. The van der Waals surface area contributed by atoms with Gasteiger partial charge in [-0.05, 0) is 26.7 Å². The highest BCUT2D eigenvalue weighted by Crippen LogP contribution is 2.07. The molecule has 0 aliphatic heterocycles. The van der Waals surface area contributed by atoms with Crippen LogP contribution >= 0.6 is 0 Å². The molecule has 7 nitrogen and oxygen atoms in total. The van der Waals surface area contributed by atoms with Gasteiger partial charge in [0.2, 0.25) is 0 Å². The van der Waals surface area contributed by atoms with Gasteiger partial charge in [0.05, 0.1) is 26.9 Å². The van der Waals surface area contributed by atoms with Gasteiger partial charge in [0.25, 0.3) is 0 Å². The van der Waals surface area contributed by atoms with Crippen LogP contribution in [-0.4, -0.2) is 57.2 Å². The molecular weight excluding hydrogens is 314 g/mol.